The summed E-state index contributed by atoms with van der Waals surface area (Å²) in [6.45, 7) is 6.35. The lowest BCUT2D eigenvalue weighted by atomic mass is 10.1. The van der Waals surface area contributed by atoms with Crippen LogP contribution in [0.25, 0.3) is 16.7 Å². The highest BCUT2D eigenvalue weighted by atomic mass is 32.1. The van der Waals surface area contributed by atoms with Crippen molar-refractivity contribution in [3.05, 3.63) is 57.9 Å². The van der Waals surface area contributed by atoms with Crippen LogP contribution in [0.15, 0.2) is 36.4 Å². The smallest absolute Gasteiger partial charge is 0.182 e. The van der Waals surface area contributed by atoms with Crippen molar-refractivity contribution in [2.24, 2.45) is 0 Å². The van der Waals surface area contributed by atoms with Gasteiger partial charge in [-0.1, -0.05) is 18.2 Å². The maximum absolute atomic E-state index is 5.48. The van der Waals surface area contributed by atoms with Crippen LogP contribution in [0.1, 0.15) is 16.7 Å². The Morgan fingerprint density at radius 3 is 2.47 bits per heavy atom. The predicted molar refractivity (Wildman–Crippen MR) is 82.7 cm³/mol. The number of aromatic nitrogens is 2. The summed E-state index contributed by atoms with van der Waals surface area (Å²) in [6, 6.07) is 12.7. The molecule has 1 heterocycles. The number of benzene rings is 2. The summed E-state index contributed by atoms with van der Waals surface area (Å²) in [5.74, 6) is 0. The highest BCUT2D eigenvalue weighted by Gasteiger charge is 2.08. The number of nitrogens with zero attached hydrogens (tertiary/aromatic N) is 1. The molecular formula is C16H16N2S. The Morgan fingerprint density at radius 1 is 0.947 bits per heavy atom. The first-order chi connectivity index (χ1) is 9.08. The van der Waals surface area contributed by atoms with Crippen molar-refractivity contribution in [2.45, 2.75) is 20.8 Å². The van der Waals surface area contributed by atoms with Gasteiger partial charge in [-0.15, -0.1) is 0 Å². The largest absolute Gasteiger partial charge is 0.330 e. The van der Waals surface area contributed by atoms with Crippen LogP contribution in [-0.2, 0) is 0 Å². The van der Waals surface area contributed by atoms with Crippen LogP contribution >= 0.6 is 12.2 Å². The van der Waals surface area contributed by atoms with Crippen molar-refractivity contribution in [3.63, 3.8) is 0 Å². The number of H-pyrrole nitrogens is 1. The van der Waals surface area contributed by atoms with Gasteiger partial charge in [0.1, 0.15) is 0 Å². The van der Waals surface area contributed by atoms with Gasteiger partial charge in [0.05, 0.1) is 11.0 Å². The molecule has 1 aromatic heterocycles. The van der Waals surface area contributed by atoms with Gasteiger partial charge in [0.2, 0.25) is 0 Å². The maximum Gasteiger partial charge on any atom is 0.182 e. The number of hydrogen-bond acceptors (Lipinski definition) is 1. The van der Waals surface area contributed by atoms with E-state index in [4.69, 9.17) is 12.2 Å². The van der Waals surface area contributed by atoms with E-state index in [0.29, 0.717) is 0 Å². The van der Waals surface area contributed by atoms with E-state index in [9.17, 15) is 0 Å². The molecule has 0 amide bonds. The number of nitrogens with one attached hydrogen (secondary N) is 1. The molecule has 0 saturated heterocycles. The highest BCUT2D eigenvalue weighted by molar-refractivity contribution is 7.71. The van der Waals surface area contributed by atoms with Crippen LogP contribution < -0.4 is 0 Å². The molecule has 0 aliphatic heterocycles. The van der Waals surface area contributed by atoms with Gasteiger partial charge in [-0.2, -0.15) is 0 Å². The molecule has 0 aliphatic carbocycles. The molecule has 3 aromatic rings. The molecule has 0 fully saturated rings. The van der Waals surface area contributed by atoms with E-state index in [1.54, 1.807) is 0 Å². The van der Waals surface area contributed by atoms with Gasteiger partial charge in [-0.3, -0.25) is 4.57 Å². The van der Waals surface area contributed by atoms with Crippen molar-refractivity contribution in [1.29, 1.82) is 0 Å². The first-order valence-electron chi connectivity index (χ1n) is 6.36. The Kier molecular flexibility index (Phi) is 2.79. The summed E-state index contributed by atoms with van der Waals surface area (Å²) in [4.78, 5) is 3.31. The van der Waals surface area contributed by atoms with E-state index >= 15 is 0 Å². The second-order valence-electron chi connectivity index (χ2n) is 5.00. The Bertz CT molecular complexity index is 824. The monoisotopic (exact) mass is 268 g/mol. The summed E-state index contributed by atoms with van der Waals surface area (Å²) >= 11 is 5.48. The third kappa shape index (κ3) is 1.90. The fourth-order valence-electron chi connectivity index (χ4n) is 2.39. The number of aromatic amines is 1. The van der Waals surface area contributed by atoms with Crippen LogP contribution in [0.4, 0.5) is 0 Å². The number of hydrogen-bond donors (Lipinski definition) is 1. The SMILES string of the molecule is Cc1ccc(-n2c(=S)[nH]c3c(C)cccc32)cc1C. The van der Waals surface area contributed by atoms with Crippen molar-refractivity contribution in [3.8, 4) is 5.69 Å². The van der Waals surface area contributed by atoms with E-state index in [0.717, 1.165) is 21.5 Å². The molecular weight excluding hydrogens is 252 g/mol. The summed E-state index contributed by atoms with van der Waals surface area (Å²) < 4.78 is 2.84. The average Bonchev–Trinajstić information content (AvgIpc) is 2.71. The molecule has 0 spiro atoms. The van der Waals surface area contributed by atoms with E-state index in [-0.39, 0.29) is 0 Å². The van der Waals surface area contributed by atoms with Gasteiger partial charge in [0.25, 0.3) is 0 Å². The molecule has 0 radical (unpaired) electrons. The first kappa shape index (κ1) is 12.2. The molecule has 0 bridgehead atoms. The van der Waals surface area contributed by atoms with E-state index < -0.39 is 0 Å². The Hall–Kier alpha value is -1.87. The van der Waals surface area contributed by atoms with E-state index in [2.05, 4.69) is 66.7 Å². The lowest BCUT2D eigenvalue weighted by Crippen LogP contribution is -1.95. The summed E-state index contributed by atoms with van der Waals surface area (Å²) in [7, 11) is 0. The molecule has 1 N–H and O–H groups in total. The maximum atomic E-state index is 5.48. The molecule has 0 saturated carbocycles. The number of imidazole rings is 1. The fraction of sp³-hybridized carbons (Fsp3) is 0.188. The topological polar surface area (TPSA) is 20.7 Å². The Balaban J connectivity index is 2.36. The van der Waals surface area contributed by atoms with Crippen LogP contribution in [0.3, 0.4) is 0 Å². The summed E-state index contributed by atoms with van der Waals surface area (Å²) in [5.41, 5.74) is 7.16. The van der Waals surface area contributed by atoms with Crippen LogP contribution in [0.5, 0.6) is 0 Å². The van der Waals surface area contributed by atoms with Crippen LogP contribution in [0.2, 0.25) is 0 Å². The van der Waals surface area contributed by atoms with Gasteiger partial charge in [-0.25, -0.2) is 0 Å². The van der Waals surface area contributed by atoms with Gasteiger partial charge in [0.15, 0.2) is 4.77 Å². The average molecular weight is 268 g/mol. The molecule has 3 heteroatoms. The second kappa shape index (κ2) is 4.35. The minimum absolute atomic E-state index is 0.743. The van der Waals surface area contributed by atoms with Crippen LogP contribution in [-0.4, -0.2) is 9.55 Å². The van der Waals surface area contributed by atoms with Crippen molar-refractivity contribution < 1.29 is 0 Å². The fourth-order valence-corrected chi connectivity index (χ4v) is 2.70. The Morgan fingerprint density at radius 2 is 1.74 bits per heavy atom. The molecule has 0 unspecified atom stereocenters. The lowest BCUT2D eigenvalue weighted by molar-refractivity contribution is 1.06. The normalized spacial score (nSPS) is 11.1. The molecule has 2 nitrogen and oxygen atoms in total. The quantitative estimate of drug-likeness (QED) is 0.639. The van der Waals surface area contributed by atoms with Crippen LogP contribution in [0, 0.1) is 25.5 Å². The zero-order chi connectivity index (χ0) is 13.6. The molecule has 96 valence electrons. The molecule has 2 aromatic carbocycles. The van der Waals surface area contributed by atoms with Gasteiger partial charge in [0, 0.05) is 5.69 Å². The predicted octanol–water partition coefficient (Wildman–Crippen LogP) is 4.61. The number of aryl methyl sites for hydroxylation is 3. The molecule has 0 atom stereocenters. The number of rotatable bonds is 1. The number of para-hydroxylation sites is 1. The third-order valence-corrected chi connectivity index (χ3v) is 3.96. The van der Waals surface area contributed by atoms with E-state index in [1.807, 2.05) is 0 Å². The molecule has 0 aliphatic rings. The standard InChI is InChI=1S/C16H16N2S/c1-10-7-8-13(9-12(10)3)18-14-6-4-5-11(2)15(14)17-16(18)19/h4-9H,1-3H3,(H,17,19). The molecule has 19 heavy (non-hydrogen) atoms. The van der Waals surface area contributed by atoms with Crippen molar-refractivity contribution in [1.82, 2.24) is 9.55 Å². The zero-order valence-corrected chi connectivity index (χ0v) is 12.1. The van der Waals surface area contributed by atoms with Gasteiger partial charge < -0.3 is 4.98 Å². The van der Waals surface area contributed by atoms with E-state index in [1.165, 1.54) is 16.7 Å². The van der Waals surface area contributed by atoms with Gasteiger partial charge >= 0.3 is 0 Å². The summed E-state index contributed by atoms with van der Waals surface area (Å²) in [5, 5.41) is 0. The van der Waals surface area contributed by atoms with Gasteiger partial charge in [-0.05, 0) is 67.9 Å². The van der Waals surface area contributed by atoms with Crippen molar-refractivity contribution in [2.75, 3.05) is 0 Å². The minimum atomic E-state index is 0.743. The zero-order valence-electron chi connectivity index (χ0n) is 11.3. The lowest BCUT2D eigenvalue weighted by Gasteiger charge is -2.08. The highest BCUT2D eigenvalue weighted by Crippen LogP contribution is 2.23. The minimum Gasteiger partial charge on any atom is -0.330 e. The van der Waals surface area contributed by atoms with Crippen molar-refractivity contribution >= 4 is 23.3 Å². The summed E-state index contributed by atoms with van der Waals surface area (Å²) in [6.07, 6.45) is 0. The third-order valence-electron chi connectivity index (χ3n) is 3.68. The molecule has 3 rings (SSSR count). The second-order valence-corrected chi connectivity index (χ2v) is 5.39. The Labute approximate surface area is 117 Å². The first-order valence-corrected chi connectivity index (χ1v) is 6.77. The number of fused-ring (bicyclic) bond motifs is 1.